The van der Waals surface area contributed by atoms with Crippen molar-refractivity contribution >= 4 is 15.9 Å². The molecule has 0 N–H and O–H groups in total. The van der Waals surface area contributed by atoms with Gasteiger partial charge in [0, 0.05) is 30.2 Å². The summed E-state index contributed by atoms with van der Waals surface area (Å²) in [6.45, 7) is 5.59. The van der Waals surface area contributed by atoms with Crippen LogP contribution in [0.15, 0.2) is 12.4 Å². The van der Waals surface area contributed by atoms with E-state index in [4.69, 9.17) is 0 Å². The number of halogens is 1. The summed E-state index contributed by atoms with van der Waals surface area (Å²) < 4.78 is 2.39. The maximum absolute atomic E-state index is 4.52. The van der Waals surface area contributed by atoms with Crippen LogP contribution in [0.1, 0.15) is 64.1 Å². The molecule has 0 amide bonds. The molecule has 1 aromatic heterocycles. The van der Waals surface area contributed by atoms with Gasteiger partial charge >= 0.3 is 0 Å². The smallest absolute Gasteiger partial charge is 0.111 e. The third-order valence-corrected chi connectivity index (χ3v) is 5.41. The average molecular weight is 313 g/mol. The second-order valence-electron chi connectivity index (χ2n) is 6.12. The Morgan fingerprint density at radius 2 is 1.94 bits per heavy atom. The molecule has 2 rings (SSSR count). The van der Waals surface area contributed by atoms with Crippen LogP contribution in [-0.4, -0.2) is 14.9 Å². The zero-order valence-electron chi connectivity index (χ0n) is 11.7. The van der Waals surface area contributed by atoms with E-state index in [1.54, 1.807) is 0 Å². The molecule has 18 heavy (non-hydrogen) atoms. The molecule has 102 valence electrons. The number of hydrogen-bond donors (Lipinski definition) is 0. The van der Waals surface area contributed by atoms with E-state index in [0.717, 1.165) is 11.9 Å². The number of nitrogens with zero attached hydrogens (tertiary/aromatic N) is 2. The summed E-state index contributed by atoms with van der Waals surface area (Å²) in [7, 11) is 0. The van der Waals surface area contributed by atoms with Gasteiger partial charge in [0.2, 0.25) is 0 Å². The standard InChI is InChI=1S/C15H25BrN2/c1-13(2)14-17-9-10-18(14)12-15(11-16)7-5-3-4-6-8-15/h9-10,13H,3-8,11-12H2,1-2H3. The van der Waals surface area contributed by atoms with Crippen LogP contribution in [-0.2, 0) is 6.54 Å². The van der Waals surface area contributed by atoms with Gasteiger partial charge in [0.15, 0.2) is 0 Å². The maximum atomic E-state index is 4.52. The van der Waals surface area contributed by atoms with Crippen LogP contribution in [0.5, 0.6) is 0 Å². The summed E-state index contributed by atoms with van der Waals surface area (Å²) in [6.07, 6.45) is 12.4. The maximum Gasteiger partial charge on any atom is 0.111 e. The molecule has 2 nitrogen and oxygen atoms in total. The topological polar surface area (TPSA) is 17.8 Å². The van der Waals surface area contributed by atoms with Crippen LogP contribution in [0.25, 0.3) is 0 Å². The Bertz CT molecular complexity index is 362. The van der Waals surface area contributed by atoms with Crippen LogP contribution in [0.4, 0.5) is 0 Å². The monoisotopic (exact) mass is 312 g/mol. The zero-order chi connectivity index (χ0) is 13.0. The van der Waals surface area contributed by atoms with Crippen molar-refractivity contribution in [2.24, 2.45) is 5.41 Å². The molecule has 0 saturated heterocycles. The predicted molar refractivity (Wildman–Crippen MR) is 80.2 cm³/mol. The fourth-order valence-electron chi connectivity index (χ4n) is 3.13. The minimum absolute atomic E-state index is 0.445. The van der Waals surface area contributed by atoms with Crippen molar-refractivity contribution in [2.75, 3.05) is 5.33 Å². The summed E-state index contributed by atoms with van der Waals surface area (Å²) >= 11 is 3.78. The largest absolute Gasteiger partial charge is 0.334 e. The number of alkyl halides is 1. The van der Waals surface area contributed by atoms with Gasteiger partial charge < -0.3 is 4.57 Å². The Morgan fingerprint density at radius 3 is 2.50 bits per heavy atom. The molecule has 3 heteroatoms. The second kappa shape index (κ2) is 6.23. The first-order chi connectivity index (χ1) is 8.67. The third-order valence-electron chi connectivity index (χ3n) is 4.22. The van der Waals surface area contributed by atoms with Crippen molar-refractivity contribution in [1.29, 1.82) is 0 Å². The molecule has 1 aliphatic carbocycles. The Labute approximate surface area is 119 Å². The lowest BCUT2D eigenvalue weighted by Crippen LogP contribution is -2.29. The van der Waals surface area contributed by atoms with E-state index in [1.807, 2.05) is 6.20 Å². The Hall–Kier alpha value is -0.310. The molecule has 0 spiro atoms. The van der Waals surface area contributed by atoms with Crippen molar-refractivity contribution in [1.82, 2.24) is 9.55 Å². The molecule has 1 aliphatic rings. The highest BCUT2D eigenvalue weighted by Crippen LogP contribution is 2.38. The van der Waals surface area contributed by atoms with Gasteiger partial charge in [-0.2, -0.15) is 0 Å². The van der Waals surface area contributed by atoms with Gasteiger partial charge in [-0.1, -0.05) is 55.5 Å². The summed E-state index contributed by atoms with van der Waals surface area (Å²) in [4.78, 5) is 4.52. The minimum atomic E-state index is 0.445. The van der Waals surface area contributed by atoms with E-state index in [1.165, 1.54) is 44.3 Å². The van der Waals surface area contributed by atoms with Crippen LogP contribution in [0.2, 0.25) is 0 Å². The zero-order valence-corrected chi connectivity index (χ0v) is 13.2. The molecule has 0 bridgehead atoms. The van der Waals surface area contributed by atoms with Crippen LogP contribution < -0.4 is 0 Å². The van der Waals surface area contributed by atoms with Gasteiger partial charge in [-0.15, -0.1) is 0 Å². The molecule has 0 radical (unpaired) electrons. The lowest BCUT2D eigenvalue weighted by atomic mass is 9.82. The van der Waals surface area contributed by atoms with E-state index in [0.29, 0.717) is 11.3 Å². The highest BCUT2D eigenvalue weighted by Gasteiger charge is 2.31. The van der Waals surface area contributed by atoms with Crippen molar-refractivity contribution in [3.63, 3.8) is 0 Å². The quantitative estimate of drug-likeness (QED) is 0.580. The highest BCUT2D eigenvalue weighted by atomic mass is 79.9. The van der Waals surface area contributed by atoms with Gasteiger partial charge in [0.05, 0.1) is 0 Å². The molecule has 1 fully saturated rings. The van der Waals surface area contributed by atoms with Crippen LogP contribution in [0, 0.1) is 5.41 Å². The first-order valence-electron chi connectivity index (χ1n) is 7.24. The lowest BCUT2D eigenvalue weighted by Gasteiger charge is -2.32. The van der Waals surface area contributed by atoms with Gasteiger partial charge in [0.1, 0.15) is 5.82 Å². The average Bonchev–Trinajstić information content (AvgIpc) is 2.68. The first kappa shape index (κ1) is 14.1. The van der Waals surface area contributed by atoms with Gasteiger partial charge in [0.25, 0.3) is 0 Å². The number of rotatable bonds is 4. The summed E-state index contributed by atoms with van der Waals surface area (Å²) in [6, 6.07) is 0. The van der Waals surface area contributed by atoms with Crippen molar-refractivity contribution in [3.05, 3.63) is 18.2 Å². The Kier molecular flexibility index (Phi) is 4.88. The summed E-state index contributed by atoms with van der Waals surface area (Å²) in [5.41, 5.74) is 0.445. The number of imidazole rings is 1. The lowest BCUT2D eigenvalue weighted by molar-refractivity contribution is 0.238. The van der Waals surface area contributed by atoms with Crippen molar-refractivity contribution < 1.29 is 0 Å². The third kappa shape index (κ3) is 3.17. The number of aromatic nitrogens is 2. The van der Waals surface area contributed by atoms with Gasteiger partial charge in [-0.05, 0) is 18.3 Å². The van der Waals surface area contributed by atoms with E-state index in [9.17, 15) is 0 Å². The molecular weight excluding hydrogens is 288 g/mol. The first-order valence-corrected chi connectivity index (χ1v) is 8.36. The summed E-state index contributed by atoms with van der Waals surface area (Å²) in [5, 5.41) is 1.12. The predicted octanol–water partition coefficient (Wildman–Crippen LogP) is 4.74. The molecule has 0 aromatic carbocycles. The second-order valence-corrected chi connectivity index (χ2v) is 6.68. The molecular formula is C15H25BrN2. The number of hydrogen-bond acceptors (Lipinski definition) is 1. The molecule has 0 atom stereocenters. The highest BCUT2D eigenvalue weighted by molar-refractivity contribution is 9.09. The Balaban J connectivity index is 2.15. The van der Waals surface area contributed by atoms with Gasteiger partial charge in [-0.3, -0.25) is 0 Å². The minimum Gasteiger partial charge on any atom is -0.334 e. The molecule has 0 aliphatic heterocycles. The normalized spacial score (nSPS) is 20.0. The molecule has 1 saturated carbocycles. The molecule has 1 aromatic rings. The fourth-order valence-corrected chi connectivity index (χ4v) is 3.87. The van der Waals surface area contributed by atoms with E-state index >= 15 is 0 Å². The van der Waals surface area contributed by atoms with Crippen molar-refractivity contribution in [3.8, 4) is 0 Å². The SMILES string of the molecule is CC(C)c1nccn1CC1(CBr)CCCCCC1. The van der Waals surface area contributed by atoms with Crippen LogP contribution >= 0.6 is 15.9 Å². The van der Waals surface area contributed by atoms with Crippen LogP contribution in [0.3, 0.4) is 0 Å². The van der Waals surface area contributed by atoms with E-state index in [2.05, 4.69) is 45.5 Å². The molecule has 1 heterocycles. The summed E-state index contributed by atoms with van der Waals surface area (Å²) in [5.74, 6) is 1.75. The van der Waals surface area contributed by atoms with E-state index in [-0.39, 0.29) is 0 Å². The Morgan fingerprint density at radius 1 is 1.28 bits per heavy atom. The van der Waals surface area contributed by atoms with Gasteiger partial charge in [-0.25, -0.2) is 4.98 Å². The molecule has 0 unspecified atom stereocenters. The van der Waals surface area contributed by atoms with Crippen molar-refractivity contribution in [2.45, 2.75) is 64.8 Å². The fraction of sp³-hybridized carbons (Fsp3) is 0.800. The van der Waals surface area contributed by atoms with E-state index < -0.39 is 0 Å².